The van der Waals surface area contributed by atoms with E-state index in [1.807, 2.05) is 31.2 Å². The van der Waals surface area contributed by atoms with Crippen molar-refractivity contribution in [3.05, 3.63) is 41.3 Å². The van der Waals surface area contributed by atoms with Gasteiger partial charge in [-0.15, -0.1) is 11.3 Å². The molecule has 21 heavy (non-hydrogen) atoms. The molecule has 3 heterocycles. The molecule has 0 saturated heterocycles. The van der Waals surface area contributed by atoms with Gasteiger partial charge in [0.25, 0.3) is 5.78 Å². The van der Waals surface area contributed by atoms with Crippen LogP contribution in [-0.2, 0) is 0 Å². The molecule has 0 bridgehead atoms. The van der Waals surface area contributed by atoms with Gasteiger partial charge in [0.05, 0.1) is 10.2 Å². The summed E-state index contributed by atoms with van der Waals surface area (Å²) in [5.74, 6) is 0.599. The maximum atomic E-state index is 6.00. The summed E-state index contributed by atoms with van der Waals surface area (Å²) in [6.07, 6.45) is 1.50. The zero-order valence-corrected chi connectivity index (χ0v) is 13.2. The average molecular weight is 334 g/mol. The van der Waals surface area contributed by atoms with Crippen LogP contribution in [0.3, 0.4) is 0 Å². The van der Waals surface area contributed by atoms with E-state index >= 15 is 0 Å². The minimum absolute atomic E-state index is 0.599. The maximum absolute atomic E-state index is 6.00. The number of fused-ring (bicyclic) bond motifs is 2. The van der Waals surface area contributed by atoms with Gasteiger partial charge in [0.1, 0.15) is 11.4 Å². The number of hydrogen-bond donors (Lipinski definition) is 0. The standard InChI is InChI=1S/C13H8ClN5S2/c1-7-4-11(19-12(17-7)15-6-16-19)21-13-18-9-5-8(14)2-3-10(9)20-13/h2-6H,1H3. The Bertz CT molecular complexity index is 962. The van der Waals surface area contributed by atoms with Crippen molar-refractivity contribution in [3.8, 4) is 0 Å². The van der Waals surface area contributed by atoms with Crippen LogP contribution in [0.1, 0.15) is 5.69 Å². The molecule has 0 aliphatic rings. The van der Waals surface area contributed by atoms with Crippen LogP contribution in [0.2, 0.25) is 5.02 Å². The molecule has 0 amide bonds. The third-order valence-corrected chi connectivity index (χ3v) is 5.20. The SMILES string of the molecule is Cc1cc(Sc2nc3cc(Cl)ccc3s2)n2ncnc2n1. The third-order valence-electron chi connectivity index (χ3n) is 2.87. The Morgan fingerprint density at radius 1 is 1.24 bits per heavy atom. The number of benzene rings is 1. The predicted molar refractivity (Wildman–Crippen MR) is 84.3 cm³/mol. The second-order valence-corrected chi connectivity index (χ2v) is 7.14. The number of thiazole rings is 1. The lowest BCUT2D eigenvalue weighted by Crippen LogP contribution is -1.96. The second kappa shape index (κ2) is 4.94. The Labute approximate surface area is 133 Å². The molecule has 4 rings (SSSR count). The van der Waals surface area contributed by atoms with E-state index in [-0.39, 0.29) is 0 Å². The molecule has 0 spiro atoms. The second-order valence-electron chi connectivity index (χ2n) is 4.40. The van der Waals surface area contributed by atoms with Crippen molar-refractivity contribution in [3.63, 3.8) is 0 Å². The van der Waals surface area contributed by atoms with Crippen molar-refractivity contribution in [1.82, 2.24) is 24.6 Å². The highest BCUT2D eigenvalue weighted by Crippen LogP contribution is 2.35. The van der Waals surface area contributed by atoms with Crippen LogP contribution in [0.15, 0.2) is 40.0 Å². The van der Waals surface area contributed by atoms with Gasteiger partial charge in [-0.1, -0.05) is 11.6 Å². The molecule has 1 aromatic carbocycles. The smallest absolute Gasteiger partial charge is 0.229 e. The summed E-state index contributed by atoms with van der Waals surface area (Å²) < 4.78 is 3.77. The molecule has 8 heteroatoms. The van der Waals surface area contributed by atoms with Gasteiger partial charge in [0, 0.05) is 10.7 Å². The minimum atomic E-state index is 0.599. The van der Waals surface area contributed by atoms with Crippen LogP contribution in [0.25, 0.3) is 16.0 Å². The zero-order chi connectivity index (χ0) is 14.4. The van der Waals surface area contributed by atoms with Crippen LogP contribution in [0, 0.1) is 6.92 Å². The number of aryl methyl sites for hydroxylation is 1. The van der Waals surface area contributed by atoms with E-state index in [1.165, 1.54) is 6.33 Å². The van der Waals surface area contributed by atoms with Gasteiger partial charge in [-0.25, -0.2) is 9.97 Å². The van der Waals surface area contributed by atoms with Crippen molar-refractivity contribution in [2.75, 3.05) is 0 Å². The molecule has 0 fully saturated rings. The summed E-state index contributed by atoms with van der Waals surface area (Å²) in [6, 6.07) is 7.72. The van der Waals surface area contributed by atoms with Crippen LogP contribution >= 0.6 is 34.7 Å². The first kappa shape index (κ1) is 13.0. The van der Waals surface area contributed by atoms with Crippen molar-refractivity contribution < 1.29 is 0 Å². The summed E-state index contributed by atoms with van der Waals surface area (Å²) in [6.45, 7) is 1.94. The molecule has 0 radical (unpaired) electrons. The van der Waals surface area contributed by atoms with Crippen LogP contribution < -0.4 is 0 Å². The summed E-state index contributed by atoms with van der Waals surface area (Å²) in [4.78, 5) is 13.1. The van der Waals surface area contributed by atoms with E-state index in [2.05, 4.69) is 20.1 Å². The number of aromatic nitrogens is 5. The topological polar surface area (TPSA) is 56.0 Å². The van der Waals surface area contributed by atoms with Gasteiger partial charge in [-0.05, 0) is 43.0 Å². The van der Waals surface area contributed by atoms with Crippen LogP contribution in [-0.4, -0.2) is 24.6 Å². The number of nitrogens with zero attached hydrogens (tertiary/aromatic N) is 5. The van der Waals surface area contributed by atoms with Crippen LogP contribution in [0.4, 0.5) is 0 Å². The lowest BCUT2D eigenvalue weighted by Gasteiger charge is -2.01. The monoisotopic (exact) mass is 333 g/mol. The summed E-state index contributed by atoms with van der Waals surface area (Å²) >= 11 is 9.18. The number of halogens is 1. The highest BCUT2D eigenvalue weighted by molar-refractivity contribution is 8.01. The quantitative estimate of drug-likeness (QED) is 0.521. The van der Waals surface area contributed by atoms with Gasteiger partial charge in [-0.3, -0.25) is 0 Å². The molecule has 0 saturated carbocycles. The fourth-order valence-corrected chi connectivity index (χ4v) is 4.29. The first-order valence-electron chi connectivity index (χ1n) is 6.10. The molecular weight excluding hydrogens is 326 g/mol. The maximum Gasteiger partial charge on any atom is 0.253 e. The van der Waals surface area contributed by atoms with Gasteiger partial charge in [0.2, 0.25) is 0 Å². The largest absolute Gasteiger partial charge is 0.253 e. The Hall–Kier alpha value is -1.70. The fraction of sp³-hybridized carbons (Fsp3) is 0.0769. The van der Waals surface area contributed by atoms with Gasteiger partial charge in [0.15, 0.2) is 4.34 Å². The van der Waals surface area contributed by atoms with Crippen molar-refractivity contribution >= 4 is 50.7 Å². The van der Waals surface area contributed by atoms with E-state index in [4.69, 9.17) is 11.6 Å². The van der Waals surface area contributed by atoms with E-state index in [9.17, 15) is 0 Å². The molecule has 0 N–H and O–H groups in total. The molecule has 0 aliphatic carbocycles. The molecule has 3 aromatic heterocycles. The van der Waals surface area contributed by atoms with Gasteiger partial charge < -0.3 is 0 Å². The normalized spacial score (nSPS) is 11.5. The van der Waals surface area contributed by atoms with E-state index in [0.29, 0.717) is 10.8 Å². The highest BCUT2D eigenvalue weighted by atomic mass is 35.5. The average Bonchev–Trinajstić information content (AvgIpc) is 3.03. The van der Waals surface area contributed by atoms with Crippen molar-refractivity contribution in [1.29, 1.82) is 0 Å². The van der Waals surface area contributed by atoms with Crippen molar-refractivity contribution in [2.45, 2.75) is 16.3 Å². The predicted octanol–water partition coefficient (Wildman–Crippen LogP) is 3.85. The third kappa shape index (κ3) is 2.37. The van der Waals surface area contributed by atoms with Crippen LogP contribution in [0.5, 0.6) is 0 Å². The zero-order valence-electron chi connectivity index (χ0n) is 10.8. The molecule has 5 nitrogen and oxygen atoms in total. The lowest BCUT2D eigenvalue weighted by atomic mass is 10.3. The van der Waals surface area contributed by atoms with Gasteiger partial charge in [-0.2, -0.15) is 14.6 Å². The molecule has 104 valence electrons. The van der Waals surface area contributed by atoms with E-state index in [1.54, 1.807) is 27.6 Å². The fourth-order valence-electron chi connectivity index (χ4n) is 1.98. The molecule has 4 aromatic rings. The highest BCUT2D eigenvalue weighted by Gasteiger charge is 2.11. The Balaban J connectivity index is 1.80. The minimum Gasteiger partial charge on any atom is -0.229 e. The first-order valence-corrected chi connectivity index (χ1v) is 8.11. The first-order chi connectivity index (χ1) is 10.2. The Morgan fingerprint density at radius 2 is 2.14 bits per heavy atom. The molecule has 0 atom stereocenters. The molecule has 0 aliphatic heterocycles. The lowest BCUT2D eigenvalue weighted by molar-refractivity contribution is 0.833. The summed E-state index contributed by atoms with van der Waals surface area (Å²) in [5.41, 5.74) is 1.82. The Morgan fingerprint density at radius 3 is 3.05 bits per heavy atom. The van der Waals surface area contributed by atoms with E-state index < -0.39 is 0 Å². The van der Waals surface area contributed by atoms with E-state index in [0.717, 1.165) is 25.3 Å². The van der Waals surface area contributed by atoms with Gasteiger partial charge >= 0.3 is 0 Å². The van der Waals surface area contributed by atoms with Crippen molar-refractivity contribution in [2.24, 2.45) is 0 Å². The molecular formula is C13H8ClN5S2. The summed E-state index contributed by atoms with van der Waals surface area (Å²) in [7, 11) is 0. The number of hydrogen-bond acceptors (Lipinski definition) is 6. The number of rotatable bonds is 2. The summed E-state index contributed by atoms with van der Waals surface area (Å²) in [5, 5.41) is 5.84. The Kier molecular flexibility index (Phi) is 3.06. The molecule has 0 unspecified atom stereocenters.